The van der Waals surface area contributed by atoms with Gasteiger partial charge < -0.3 is 0 Å². The fraction of sp³-hybridized carbons (Fsp3) is 0.333. The fourth-order valence-corrected chi connectivity index (χ4v) is 6.24. The van der Waals surface area contributed by atoms with E-state index in [-0.39, 0.29) is 17.5 Å². The number of piperidine rings is 1. The quantitative estimate of drug-likeness (QED) is 0.602. The molecule has 29 heavy (non-hydrogen) atoms. The van der Waals surface area contributed by atoms with Crippen molar-refractivity contribution in [2.75, 3.05) is 13.1 Å². The fourth-order valence-electron chi connectivity index (χ4n) is 3.64. The van der Waals surface area contributed by atoms with Crippen LogP contribution in [0.15, 0.2) is 48.5 Å². The predicted octanol–water partition coefficient (Wildman–Crippen LogP) is 4.36. The summed E-state index contributed by atoms with van der Waals surface area (Å²) in [4.78, 5) is 0. The summed E-state index contributed by atoms with van der Waals surface area (Å²) in [5.74, 6) is -0.354. The summed E-state index contributed by atoms with van der Waals surface area (Å²) in [6.07, 6.45) is 1.62. The smallest absolute Gasteiger partial charge is 0.212 e. The van der Waals surface area contributed by atoms with Crippen LogP contribution in [0.3, 0.4) is 0 Å². The molecule has 1 saturated heterocycles. The molecule has 152 valence electrons. The molecule has 1 aliphatic rings. The molecular weight excluding hydrogens is 409 g/mol. The summed E-state index contributed by atoms with van der Waals surface area (Å²) >= 11 is 1.34. The van der Waals surface area contributed by atoms with Crippen LogP contribution in [0, 0.1) is 12.7 Å². The van der Waals surface area contributed by atoms with Crippen LogP contribution < -0.4 is 0 Å². The van der Waals surface area contributed by atoms with Gasteiger partial charge in [0.05, 0.1) is 5.75 Å². The third-order valence-corrected chi connectivity index (χ3v) is 8.04. The Morgan fingerprint density at radius 1 is 1.17 bits per heavy atom. The van der Waals surface area contributed by atoms with Crippen LogP contribution in [-0.4, -0.2) is 36.0 Å². The molecule has 0 aliphatic carbocycles. The lowest BCUT2D eigenvalue weighted by Crippen LogP contribution is -2.39. The van der Waals surface area contributed by atoms with Crippen molar-refractivity contribution in [3.63, 3.8) is 0 Å². The highest BCUT2D eigenvalue weighted by Crippen LogP contribution is 2.34. The van der Waals surface area contributed by atoms with Gasteiger partial charge in [-0.2, -0.15) is 0 Å². The van der Waals surface area contributed by atoms with E-state index in [1.54, 1.807) is 22.5 Å². The van der Waals surface area contributed by atoms with E-state index in [1.165, 1.54) is 17.4 Å². The Balaban J connectivity index is 1.51. The second-order valence-corrected chi connectivity index (χ2v) is 10.3. The van der Waals surface area contributed by atoms with Crippen molar-refractivity contribution in [3.05, 3.63) is 70.5 Å². The summed E-state index contributed by atoms with van der Waals surface area (Å²) in [6.45, 7) is 2.86. The zero-order valence-electron chi connectivity index (χ0n) is 16.1. The van der Waals surface area contributed by atoms with E-state index >= 15 is 0 Å². The first kappa shape index (κ1) is 20.1. The summed E-state index contributed by atoms with van der Waals surface area (Å²) in [7, 11) is -3.42. The van der Waals surface area contributed by atoms with Gasteiger partial charge in [-0.15, -0.1) is 10.2 Å². The van der Waals surface area contributed by atoms with Gasteiger partial charge in [0.15, 0.2) is 5.01 Å². The van der Waals surface area contributed by atoms with Crippen molar-refractivity contribution < 1.29 is 12.8 Å². The van der Waals surface area contributed by atoms with E-state index in [9.17, 15) is 12.8 Å². The van der Waals surface area contributed by atoms with Crippen LogP contribution >= 0.6 is 11.3 Å². The maximum absolute atomic E-state index is 14.0. The number of aromatic nitrogens is 2. The molecule has 1 fully saturated rings. The molecule has 0 N–H and O–H groups in total. The molecule has 0 radical (unpaired) electrons. The van der Waals surface area contributed by atoms with Gasteiger partial charge in [-0.05, 0) is 37.5 Å². The van der Waals surface area contributed by atoms with Crippen molar-refractivity contribution in [2.45, 2.75) is 31.4 Å². The molecule has 1 unspecified atom stereocenters. The first-order valence-corrected chi connectivity index (χ1v) is 12.0. The molecule has 0 bridgehead atoms. The summed E-state index contributed by atoms with van der Waals surface area (Å²) < 4.78 is 41.5. The molecule has 4 rings (SSSR count). The topological polar surface area (TPSA) is 63.2 Å². The monoisotopic (exact) mass is 431 g/mol. The second kappa shape index (κ2) is 8.30. The third kappa shape index (κ3) is 4.55. The van der Waals surface area contributed by atoms with Crippen LogP contribution in [0.5, 0.6) is 0 Å². The van der Waals surface area contributed by atoms with Crippen molar-refractivity contribution in [3.8, 4) is 10.6 Å². The third-order valence-electron chi connectivity index (χ3n) is 5.10. The highest BCUT2D eigenvalue weighted by Gasteiger charge is 2.31. The highest BCUT2D eigenvalue weighted by molar-refractivity contribution is 7.88. The normalized spacial score (nSPS) is 18.1. The molecule has 1 aliphatic heterocycles. The predicted molar refractivity (Wildman–Crippen MR) is 113 cm³/mol. The van der Waals surface area contributed by atoms with Crippen molar-refractivity contribution in [1.29, 1.82) is 0 Å². The Morgan fingerprint density at radius 3 is 2.79 bits per heavy atom. The van der Waals surface area contributed by atoms with E-state index in [1.807, 2.05) is 31.2 Å². The minimum Gasteiger partial charge on any atom is -0.212 e. The van der Waals surface area contributed by atoms with Crippen molar-refractivity contribution >= 4 is 21.4 Å². The van der Waals surface area contributed by atoms with Gasteiger partial charge in [-0.25, -0.2) is 17.1 Å². The Kier molecular flexibility index (Phi) is 5.76. The van der Waals surface area contributed by atoms with E-state index in [0.29, 0.717) is 23.7 Å². The zero-order valence-corrected chi connectivity index (χ0v) is 17.7. The Labute approximate surface area is 174 Å². The Morgan fingerprint density at radius 2 is 2.00 bits per heavy atom. The van der Waals surface area contributed by atoms with Crippen LogP contribution in [0.25, 0.3) is 10.6 Å². The van der Waals surface area contributed by atoms with E-state index in [0.717, 1.165) is 29.0 Å². The lowest BCUT2D eigenvalue weighted by molar-refractivity contribution is 0.314. The number of hydrogen-bond donors (Lipinski definition) is 0. The lowest BCUT2D eigenvalue weighted by atomic mass is 10.0. The van der Waals surface area contributed by atoms with Gasteiger partial charge in [-0.3, -0.25) is 0 Å². The minimum absolute atomic E-state index is 0.00199. The molecule has 0 amide bonds. The van der Waals surface area contributed by atoms with Crippen LogP contribution in [0.1, 0.15) is 34.9 Å². The molecule has 0 saturated carbocycles. The van der Waals surface area contributed by atoms with Gasteiger partial charge in [-0.1, -0.05) is 53.3 Å². The first-order chi connectivity index (χ1) is 13.9. The summed E-state index contributed by atoms with van der Waals surface area (Å²) in [6, 6.07) is 14.1. The van der Waals surface area contributed by atoms with Crippen LogP contribution in [-0.2, 0) is 15.8 Å². The number of sulfonamides is 1. The molecule has 2 aromatic carbocycles. The molecule has 8 heteroatoms. The standard InChI is InChI=1S/C21H22FN3O2S2/c1-15-6-4-7-16(12-15)14-29(26,27)25-11-5-8-17(13-25)20-23-24-21(28-20)18-9-2-3-10-19(18)22/h2-4,6-7,9-10,12,17H,5,8,11,13-14H2,1H3. The lowest BCUT2D eigenvalue weighted by Gasteiger charge is -2.30. The summed E-state index contributed by atoms with van der Waals surface area (Å²) in [5, 5.41) is 9.69. The van der Waals surface area contributed by atoms with Crippen LogP contribution in [0.2, 0.25) is 0 Å². The van der Waals surface area contributed by atoms with Crippen molar-refractivity contribution in [2.24, 2.45) is 0 Å². The average molecular weight is 432 g/mol. The molecule has 2 heterocycles. The van der Waals surface area contributed by atoms with E-state index in [4.69, 9.17) is 0 Å². The first-order valence-electron chi connectivity index (χ1n) is 9.54. The Bertz CT molecular complexity index is 1110. The van der Waals surface area contributed by atoms with Gasteiger partial charge in [0.1, 0.15) is 10.8 Å². The number of halogens is 1. The van der Waals surface area contributed by atoms with E-state index in [2.05, 4.69) is 10.2 Å². The minimum atomic E-state index is -3.42. The Hall–Kier alpha value is -2.16. The molecule has 3 aromatic rings. The number of benzene rings is 2. The molecule has 1 atom stereocenters. The van der Waals surface area contributed by atoms with Gasteiger partial charge >= 0.3 is 0 Å². The molecular formula is C21H22FN3O2S2. The molecule has 1 aromatic heterocycles. The maximum atomic E-state index is 14.0. The van der Waals surface area contributed by atoms with Gasteiger partial charge in [0.2, 0.25) is 10.0 Å². The second-order valence-electron chi connectivity index (χ2n) is 7.37. The number of hydrogen-bond acceptors (Lipinski definition) is 5. The zero-order chi connectivity index (χ0) is 20.4. The van der Waals surface area contributed by atoms with Gasteiger partial charge in [0.25, 0.3) is 0 Å². The molecule has 5 nitrogen and oxygen atoms in total. The SMILES string of the molecule is Cc1cccc(CS(=O)(=O)N2CCCC(c3nnc(-c4ccccc4F)s3)C2)c1. The highest BCUT2D eigenvalue weighted by atomic mass is 32.2. The van der Waals surface area contributed by atoms with Crippen LogP contribution in [0.4, 0.5) is 4.39 Å². The maximum Gasteiger partial charge on any atom is 0.218 e. The molecule has 0 spiro atoms. The van der Waals surface area contributed by atoms with E-state index < -0.39 is 10.0 Å². The van der Waals surface area contributed by atoms with Gasteiger partial charge in [0, 0.05) is 24.6 Å². The largest absolute Gasteiger partial charge is 0.218 e. The number of rotatable bonds is 5. The number of nitrogens with zero attached hydrogens (tertiary/aromatic N) is 3. The number of aryl methyl sites for hydroxylation is 1. The summed E-state index contributed by atoms with van der Waals surface area (Å²) in [5.41, 5.74) is 2.27. The van der Waals surface area contributed by atoms with Crippen molar-refractivity contribution in [1.82, 2.24) is 14.5 Å². The average Bonchev–Trinajstić information content (AvgIpc) is 3.18.